The Kier molecular flexibility index (Phi) is 9.31. The predicted octanol–water partition coefficient (Wildman–Crippen LogP) is 5.47. The third-order valence-corrected chi connectivity index (χ3v) is 7.54. The van der Waals surface area contributed by atoms with Gasteiger partial charge in [0.05, 0.1) is 23.1 Å². The highest BCUT2D eigenvalue weighted by atomic mass is 19.4. The molecule has 1 aliphatic heterocycles. The van der Waals surface area contributed by atoms with E-state index in [0.717, 1.165) is 0 Å². The Bertz CT molecular complexity index is 1250. The van der Waals surface area contributed by atoms with Gasteiger partial charge in [-0.2, -0.15) is 26.3 Å². The maximum atomic E-state index is 13.9. The number of likely N-dealkylation sites (tertiary alicyclic amines) is 1. The van der Waals surface area contributed by atoms with E-state index in [-0.39, 0.29) is 38.7 Å². The molecule has 1 heterocycles. The number of benzene rings is 2. The molecule has 0 aromatic heterocycles. The molecule has 0 radical (unpaired) electrons. The highest BCUT2D eigenvalue weighted by Crippen LogP contribution is 2.40. The van der Waals surface area contributed by atoms with E-state index in [2.05, 4.69) is 5.32 Å². The zero-order valence-corrected chi connectivity index (χ0v) is 23.0. The van der Waals surface area contributed by atoms with E-state index in [1.807, 2.05) is 0 Å². The summed E-state index contributed by atoms with van der Waals surface area (Å²) in [5.74, 6) is -1.77. The number of rotatable bonds is 6. The summed E-state index contributed by atoms with van der Waals surface area (Å²) in [6.45, 7) is 4.19. The van der Waals surface area contributed by atoms with Crippen molar-refractivity contribution >= 4 is 11.9 Å². The van der Waals surface area contributed by atoms with Crippen molar-refractivity contribution in [1.82, 2.24) is 15.1 Å². The number of aliphatic hydroxyl groups excluding tert-OH is 1. The summed E-state index contributed by atoms with van der Waals surface area (Å²) in [5, 5.41) is 11.6. The van der Waals surface area contributed by atoms with Crippen LogP contribution < -0.4 is 5.32 Å². The SMILES string of the molecule is Cc1cc(F)ccc1[C@@H]1CN(C(=O)NCCO)CC[C@H]1N(C)C(=O)C(C)(C)c1cc(C(F)(F)F)cc(C(F)(F)F)c1. The average molecular weight is 592 g/mol. The van der Waals surface area contributed by atoms with E-state index in [1.54, 1.807) is 6.92 Å². The molecule has 3 rings (SSSR count). The van der Waals surface area contributed by atoms with E-state index in [0.29, 0.717) is 23.3 Å². The van der Waals surface area contributed by atoms with Gasteiger partial charge in [0.1, 0.15) is 5.82 Å². The van der Waals surface area contributed by atoms with Gasteiger partial charge in [-0.15, -0.1) is 0 Å². The van der Waals surface area contributed by atoms with Crippen molar-refractivity contribution in [3.05, 3.63) is 70.0 Å². The van der Waals surface area contributed by atoms with Gasteiger partial charge < -0.3 is 20.2 Å². The summed E-state index contributed by atoms with van der Waals surface area (Å²) < 4.78 is 95.0. The van der Waals surface area contributed by atoms with Crippen LogP contribution >= 0.6 is 0 Å². The minimum atomic E-state index is -5.07. The third kappa shape index (κ3) is 7.11. The van der Waals surface area contributed by atoms with Crippen LogP contribution in [0.15, 0.2) is 36.4 Å². The lowest BCUT2D eigenvalue weighted by atomic mass is 9.78. The Morgan fingerprint density at radius 1 is 1.00 bits per heavy atom. The van der Waals surface area contributed by atoms with Gasteiger partial charge in [-0.05, 0) is 74.2 Å². The van der Waals surface area contributed by atoms with Crippen LogP contribution in [-0.4, -0.2) is 66.2 Å². The predicted molar refractivity (Wildman–Crippen MR) is 137 cm³/mol. The van der Waals surface area contributed by atoms with Gasteiger partial charge in [0.15, 0.2) is 0 Å². The topological polar surface area (TPSA) is 72.9 Å². The molecular weight excluding hydrogens is 559 g/mol. The summed E-state index contributed by atoms with van der Waals surface area (Å²) in [6, 6.07) is 4.09. The Hall–Kier alpha value is -3.35. The summed E-state index contributed by atoms with van der Waals surface area (Å²) in [5.41, 5.74) is -4.11. The van der Waals surface area contributed by atoms with E-state index >= 15 is 0 Å². The van der Waals surface area contributed by atoms with E-state index < -0.39 is 64.2 Å². The first-order valence-corrected chi connectivity index (χ1v) is 12.8. The molecule has 0 aliphatic carbocycles. The van der Waals surface area contributed by atoms with Gasteiger partial charge in [-0.1, -0.05) is 6.07 Å². The fraction of sp³-hybridized carbons (Fsp3) is 0.500. The lowest BCUT2D eigenvalue weighted by Crippen LogP contribution is -2.56. The molecule has 2 atom stereocenters. The summed E-state index contributed by atoms with van der Waals surface area (Å²) in [7, 11) is 1.42. The number of likely N-dealkylation sites (N-methyl/N-ethyl adjacent to an activating group) is 1. The van der Waals surface area contributed by atoms with Gasteiger partial charge in [-0.25, -0.2) is 9.18 Å². The number of alkyl halides is 6. The monoisotopic (exact) mass is 591 g/mol. The van der Waals surface area contributed by atoms with Gasteiger partial charge >= 0.3 is 18.4 Å². The largest absolute Gasteiger partial charge is 0.416 e. The van der Waals surface area contributed by atoms with Crippen molar-refractivity contribution in [3.8, 4) is 0 Å². The standard InChI is InChI=1S/C28H32F7N3O3/c1-16-11-20(29)5-6-21(16)22-15-38(25(41)36-8-10-39)9-7-23(22)37(4)24(40)26(2,3)17-12-18(27(30,31)32)14-19(13-17)28(33,34)35/h5-6,11-14,22-23,39H,7-10,15H2,1-4H3,(H,36,41)/t22-,23+/m0/s1. The van der Waals surface area contributed by atoms with E-state index in [1.165, 1.54) is 48.9 Å². The molecule has 2 aromatic rings. The number of piperidine rings is 1. The minimum Gasteiger partial charge on any atom is -0.395 e. The van der Waals surface area contributed by atoms with Gasteiger partial charge in [-0.3, -0.25) is 4.79 Å². The maximum absolute atomic E-state index is 13.9. The van der Waals surface area contributed by atoms with E-state index in [9.17, 15) is 40.3 Å². The zero-order valence-electron chi connectivity index (χ0n) is 23.0. The summed E-state index contributed by atoms with van der Waals surface area (Å²) in [6.07, 6.45) is -9.92. The highest BCUT2D eigenvalue weighted by molar-refractivity contribution is 5.88. The number of nitrogens with one attached hydrogen (secondary N) is 1. The Balaban J connectivity index is 2.02. The molecule has 0 bridgehead atoms. The van der Waals surface area contributed by atoms with Gasteiger partial charge in [0, 0.05) is 38.6 Å². The molecule has 0 unspecified atom stereocenters. The molecule has 1 fully saturated rings. The third-order valence-electron chi connectivity index (χ3n) is 7.54. The number of amides is 3. The molecule has 41 heavy (non-hydrogen) atoms. The van der Waals surface area contributed by atoms with Crippen molar-refractivity contribution in [3.63, 3.8) is 0 Å². The number of aliphatic hydroxyl groups is 1. The number of carbonyl (C=O) groups is 2. The quantitative estimate of drug-likeness (QED) is 0.438. The number of aryl methyl sites for hydroxylation is 1. The second-order valence-corrected chi connectivity index (χ2v) is 10.7. The maximum Gasteiger partial charge on any atom is 0.416 e. The second-order valence-electron chi connectivity index (χ2n) is 10.7. The lowest BCUT2D eigenvalue weighted by Gasteiger charge is -2.45. The first kappa shape index (κ1) is 32.2. The molecule has 226 valence electrons. The van der Waals surface area contributed by atoms with Crippen LogP contribution in [0.1, 0.15) is 54.0 Å². The van der Waals surface area contributed by atoms with Crippen LogP contribution in [0.4, 0.5) is 35.5 Å². The van der Waals surface area contributed by atoms with Crippen LogP contribution in [0.3, 0.4) is 0 Å². The van der Waals surface area contributed by atoms with Crippen molar-refractivity contribution in [2.45, 2.75) is 56.9 Å². The molecule has 0 saturated carbocycles. The highest BCUT2D eigenvalue weighted by Gasteiger charge is 2.44. The van der Waals surface area contributed by atoms with Crippen molar-refractivity contribution in [2.24, 2.45) is 0 Å². The molecule has 1 saturated heterocycles. The Morgan fingerprint density at radius 3 is 2.07 bits per heavy atom. The number of hydrogen-bond acceptors (Lipinski definition) is 3. The fourth-order valence-electron chi connectivity index (χ4n) is 5.25. The summed E-state index contributed by atoms with van der Waals surface area (Å²) in [4.78, 5) is 29.2. The number of urea groups is 1. The van der Waals surface area contributed by atoms with Crippen molar-refractivity contribution in [1.29, 1.82) is 0 Å². The number of carbonyl (C=O) groups excluding carboxylic acids is 2. The van der Waals surface area contributed by atoms with Crippen LogP contribution in [0.25, 0.3) is 0 Å². The first-order chi connectivity index (χ1) is 18.9. The van der Waals surface area contributed by atoms with Crippen LogP contribution in [0.2, 0.25) is 0 Å². The lowest BCUT2D eigenvalue weighted by molar-refractivity contribution is -0.144. The molecular formula is C28H32F7N3O3. The molecule has 6 nitrogen and oxygen atoms in total. The molecule has 3 amide bonds. The normalized spacial score (nSPS) is 18.3. The molecule has 2 aromatic carbocycles. The van der Waals surface area contributed by atoms with Crippen LogP contribution in [-0.2, 0) is 22.6 Å². The number of nitrogens with zero attached hydrogens (tertiary/aromatic N) is 2. The molecule has 2 N–H and O–H groups in total. The fourth-order valence-corrected chi connectivity index (χ4v) is 5.25. The molecule has 1 aliphatic rings. The van der Waals surface area contributed by atoms with Gasteiger partial charge in [0.25, 0.3) is 0 Å². The Labute approximate surface area is 233 Å². The van der Waals surface area contributed by atoms with Crippen LogP contribution in [0, 0.1) is 12.7 Å². The van der Waals surface area contributed by atoms with Crippen LogP contribution in [0.5, 0.6) is 0 Å². The smallest absolute Gasteiger partial charge is 0.395 e. The van der Waals surface area contributed by atoms with Gasteiger partial charge in [0.2, 0.25) is 5.91 Å². The minimum absolute atomic E-state index is 0.0126. The average Bonchev–Trinajstić information content (AvgIpc) is 2.89. The number of hydrogen-bond donors (Lipinski definition) is 2. The van der Waals surface area contributed by atoms with E-state index in [4.69, 9.17) is 5.11 Å². The summed E-state index contributed by atoms with van der Waals surface area (Å²) >= 11 is 0. The molecule has 0 spiro atoms. The number of halogens is 7. The Morgan fingerprint density at radius 2 is 1.56 bits per heavy atom. The van der Waals surface area contributed by atoms with Crippen molar-refractivity contribution in [2.75, 3.05) is 33.3 Å². The second kappa shape index (κ2) is 11.9. The van der Waals surface area contributed by atoms with Crippen molar-refractivity contribution < 1.29 is 45.4 Å². The first-order valence-electron chi connectivity index (χ1n) is 12.8. The molecule has 13 heteroatoms. The zero-order chi connectivity index (χ0) is 30.9.